The van der Waals surface area contributed by atoms with Crippen LogP contribution in [0.5, 0.6) is 11.5 Å². The molecule has 0 radical (unpaired) electrons. The highest BCUT2D eigenvalue weighted by Crippen LogP contribution is 2.26. The Morgan fingerprint density at radius 1 is 1.40 bits per heavy atom. The first-order chi connectivity index (χ1) is 6.86. The van der Waals surface area contributed by atoms with Crippen LogP contribution in [0.15, 0.2) is 18.2 Å². The zero-order chi connectivity index (χ0) is 11.6. The van der Waals surface area contributed by atoms with E-state index in [1.165, 1.54) is 7.11 Å². The van der Waals surface area contributed by atoms with Crippen LogP contribution in [0.4, 0.5) is 0 Å². The van der Waals surface area contributed by atoms with Crippen LogP contribution in [0.2, 0.25) is 0 Å². The van der Waals surface area contributed by atoms with Gasteiger partial charge in [-0.1, -0.05) is 0 Å². The highest BCUT2D eigenvalue weighted by Gasteiger charge is 2.21. The molecule has 0 spiro atoms. The molecule has 15 heavy (non-hydrogen) atoms. The molecule has 0 unspecified atom stereocenters. The van der Waals surface area contributed by atoms with E-state index in [4.69, 9.17) is 4.55 Å². The summed E-state index contributed by atoms with van der Waals surface area (Å²) in [4.78, 5) is 11.1. The Bertz CT molecular complexity index is 490. The molecule has 0 aliphatic carbocycles. The molecule has 0 atom stereocenters. The number of carbonyl (C=O) groups is 1. The molecule has 0 aliphatic heterocycles. The number of benzene rings is 1. The van der Waals surface area contributed by atoms with Crippen molar-refractivity contribution in [2.75, 3.05) is 7.11 Å². The number of carbonyl (C=O) groups excluding carboxylic acids is 1. The lowest BCUT2D eigenvalue weighted by Crippen LogP contribution is -2.13. The summed E-state index contributed by atoms with van der Waals surface area (Å²) in [6, 6.07) is 3.18. The first-order valence-corrected chi connectivity index (χ1v) is 5.19. The van der Waals surface area contributed by atoms with Crippen molar-refractivity contribution in [1.29, 1.82) is 0 Å². The third kappa shape index (κ3) is 2.45. The lowest BCUT2D eigenvalue weighted by molar-refractivity contribution is 0.106. The van der Waals surface area contributed by atoms with E-state index in [1.807, 2.05) is 0 Å². The SMILES string of the molecule is COc1cc(C(=O)S(=O)(=O)O)ccc1O. The quantitative estimate of drug-likeness (QED) is 0.717. The van der Waals surface area contributed by atoms with Crippen molar-refractivity contribution in [3.05, 3.63) is 23.8 Å². The molecule has 0 bridgehead atoms. The summed E-state index contributed by atoms with van der Waals surface area (Å²) in [6.45, 7) is 0. The van der Waals surface area contributed by atoms with Crippen molar-refractivity contribution in [2.24, 2.45) is 0 Å². The lowest BCUT2D eigenvalue weighted by Gasteiger charge is -2.04. The number of rotatable bonds is 2. The van der Waals surface area contributed by atoms with Gasteiger partial charge in [0.05, 0.1) is 7.11 Å². The molecule has 1 aromatic rings. The Kier molecular flexibility index (Phi) is 2.96. The first kappa shape index (κ1) is 11.5. The number of hydrogen-bond donors (Lipinski definition) is 2. The highest BCUT2D eigenvalue weighted by molar-refractivity contribution is 8.01. The van der Waals surface area contributed by atoms with Gasteiger partial charge >= 0.3 is 15.2 Å². The second-order valence-corrected chi connectivity index (χ2v) is 3.97. The van der Waals surface area contributed by atoms with Crippen LogP contribution >= 0.6 is 0 Å². The van der Waals surface area contributed by atoms with Gasteiger partial charge in [-0.05, 0) is 18.2 Å². The van der Waals surface area contributed by atoms with E-state index in [1.54, 1.807) is 0 Å². The van der Waals surface area contributed by atoms with Gasteiger partial charge in [0.25, 0.3) is 0 Å². The second kappa shape index (κ2) is 3.87. The number of aromatic hydroxyl groups is 1. The highest BCUT2D eigenvalue weighted by atomic mass is 32.2. The van der Waals surface area contributed by atoms with Gasteiger partial charge in [-0.25, -0.2) is 0 Å². The average Bonchev–Trinajstić information content (AvgIpc) is 2.16. The molecule has 0 fully saturated rings. The molecule has 0 saturated heterocycles. The van der Waals surface area contributed by atoms with Crippen molar-refractivity contribution in [3.63, 3.8) is 0 Å². The van der Waals surface area contributed by atoms with Crippen LogP contribution in [-0.4, -0.2) is 30.3 Å². The van der Waals surface area contributed by atoms with E-state index < -0.39 is 15.2 Å². The second-order valence-electron chi connectivity index (χ2n) is 2.65. The zero-order valence-corrected chi connectivity index (χ0v) is 8.48. The van der Waals surface area contributed by atoms with E-state index in [9.17, 15) is 18.3 Å². The summed E-state index contributed by atoms with van der Waals surface area (Å²) in [5.41, 5.74) is -0.285. The van der Waals surface area contributed by atoms with Crippen LogP contribution in [0.3, 0.4) is 0 Å². The first-order valence-electron chi connectivity index (χ1n) is 3.75. The third-order valence-corrected chi connectivity index (χ3v) is 2.35. The Morgan fingerprint density at radius 3 is 2.47 bits per heavy atom. The largest absolute Gasteiger partial charge is 0.504 e. The molecule has 0 amide bonds. The molecule has 0 saturated carbocycles. The molecule has 82 valence electrons. The fraction of sp³-hybridized carbons (Fsp3) is 0.125. The van der Waals surface area contributed by atoms with Crippen LogP contribution in [0, 0.1) is 0 Å². The van der Waals surface area contributed by atoms with Crippen LogP contribution in [0.1, 0.15) is 10.4 Å². The Labute approximate surface area is 85.9 Å². The van der Waals surface area contributed by atoms with Crippen LogP contribution < -0.4 is 4.74 Å². The smallest absolute Gasteiger partial charge is 0.333 e. The third-order valence-electron chi connectivity index (χ3n) is 1.65. The standard InChI is InChI=1S/C8H8O6S/c1-14-7-4-5(2-3-6(7)9)8(10)15(11,12)13/h2-4,9H,1H3,(H,11,12,13). The topological polar surface area (TPSA) is 101 Å². The molecule has 1 aromatic carbocycles. The molecule has 2 N–H and O–H groups in total. The number of ether oxygens (including phenoxy) is 1. The summed E-state index contributed by atoms with van der Waals surface area (Å²) < 4.78 is 34.2. The molecule has 0 aliphatic rings. The van der Waals surface area contributed by atoms with Crippen LogP contribution in [-0.2, 0) is 10.1 Å². The summed E-state index contributed by atoms with van der Waals surface area (Å²) in [5, 5.41) is 7.73. The fourth-order valence-electron chi connectivity index (χ4n) is 0.954. The van der Waals surface area contributed by atoms with E-state index >= 15 is 0 Å². The Balaban J connectivity index is 3.24. The monoisotopic (exact) mass is 232 g/mol. The van der Waals surface area contributed by atoms with Gasteiger partial charge in [-0.15, -0.1) is 0 Å². The minimum Gasteiger partial charge on any atom is -0.504 e. The molecule has 7 heteroatoms. The van der Waals surface area contributed by atoms with Gasteiger partial charge in [-0.2, -0.15) is 8.42 Å². The lowest BCUT2D eigenvalue weighted by atomic mass is 10.2. The Morgan fingerprint density at radius 2 is 2.00 bits per heavy atom. The molecule has 6 nitrogen and oxygen atoms in total. The van der Waals surface area contributed by atoms with Crippen molar-refractivity contribution < 1.29 is 27.6 Å². The van der Waals surface area contributed by atoms with Gasteiger partial charge in [0.15, 0.2) is 11.5 Å². The van der Waals surface area contributed by atoms with Gasteiger partial charge in [0, 0.05) is 5.56 Å². The summed E-state index contributed by atoms with van der Waals surface area (Å²) in [5.74, 6) is -0.283. The number of phenolic OH excluding ortho intramolecular Hbond substituents is 1. The van der Waals surface area contributed by atoms with Gasteiger partial charge in [0.2, 0.25) is 0 Å². The van der Waals surface area contributed by atoms with Gasteiger partial charge < -0.3 is 9.84 Å². The molecule has 0 aromatic heterocycles. The number of phenols is 1. The molecule has 1 rings (SSSR count). The molecule has 0 heterocycles. The summed E-state index contributed by atoms with van der Waals surface area (Å²) >= 11 is 0. The van der Waals surface area contributed by atoms with Crippen molar-refractivity contribution in [2.45, 2.75) is 0 Å². The van der Waals surface area contributed by atoms with E-state index in [2.05, 4.69) is 4.74 Å². The van der Waals surface area contributed by atoms with Gasteiger partial charge in [0.1, 0.15) is 0 Å². The summed E-state index contributed by atoms with van der Waals surface area (Å²) in [6.07, 6.45) is 0. The normalized spacial score (nSPS) is 11.1. The summed E-state index contributed by atoms with van der Waals surface area (Å²) in [7, 11) is -3.52. The van der Waals surface area contributed by atoms with Crippen molar-refractivity contribution in [1.82, 2.24) is 0 Å². The Hall–Kier alpha value is -1.60. The number of hydrogen-bond acceptors (Lipinski definition) is 5. The average molecular weight is 232 g/mol. The minimum absolute atomic E-state index is 0.0514. The molecular weight excluding hydrogens is 224 g/mol. The number of methoxy groups -OCH3 is 1. The maximum atomic E-state index is 11.1. The predicted molar refractivity (Wildman–Crippen MR) is 50.5 cm³/mol. The van der Waals surface area contributed by atoms with Crippen molar-refractivity contribution >= 4 is 15.2 Å². The van der Waals surface area contributed by atoms with E-state index in [0.717, 1.165) is 18.2 Å². The van der Waals surface area contributed by atoms with E-state index in [-0.39, 0.29) is 17.1 Å². The fourth-order valence-corrected chi connectivity index (χ4v) is 1.38. The zero-order valence-electron chi connectivity index (χ0n) is 7.67. The van der Waals surface area contributed by atoms with E-state index in [0.29, 0.717) is 0 Å². The molecular formula is C8H8O6S. The maximum absolute atomic E-state index is 11.1. The van der Waals surface area contributed by atoms with Crippen LogP contribution in [0.25, 0.3) is 0 Å². The predicted octanol–water partition coefficient (Wildman–Crippen LogP) is 0.429. The van der Waals surface area contributed by atoms with Crippen molar-refractivity contribution in [3.8, 4) is 11.5 Å². The minimum atomic E-state index is -4.77. The van der Waals surface area contributed by atoms with Gasteiger partial charge in [-0.3, -0.25) is 9.35 Å². The maximum Gasteiger partial charge on any atom is 0.333 e.